The molecule has 0 bridgehead atoms. The molecule has 0 saturated heterocycles. The Morgan fingerprint density at radius 1 is 1.23 bits per heavy atom. The molecule has 0 aliphatic heterocycles. The first kappa shape index (κ1) is 16.8. The average molecular weight is 306 g/mol. The molecule has 22 heavy (non-hydrogen) atoms. The van der Waals surface area contributed by atoms with Crippen LogP contribution < -0.4 is 4.74 Å². The molecule has 0 atom stereocenters. The summed E-state index contributed by atoms with van der Waals surface area (Å²) >= 11 is 0. The Morgan fingerprint density at radius 3 is 2.41 bits per heavy atom. The van der Waals surface area contributed by atoms with Crippen LogP contribution in [0, 0.1) is 5.92 Å². The third kappa shape index (κ3) is 4.01. The van der Waals surface area contributed by atoms with Gasteiger partial charge in [-0.1, -0.05) is 19.1 Å². The van der Waals surface area contributed by atoms with Gasteiger partial charge >= 0.3 is 5.97 Å². The maximum absolute atomic E-state index is 11.9. The molecule has 0 aromatic heterocycles. The number of aliphatic hydroxyl groups is 1. The molecule has 1 aliphatic carbocycles. The van der Waals surface area contributed by atoms with Crippen LogP contribution in [-0.4, -0.2) is 24.3 Å². The summed E-state index contributed by atoms with van der Waals surface area (Å²) < 4.78 is 10.6. The molecule has 1 aliphatic rings. The number of carbonyl (C=O) groups excluding carboxylic acids is 1. The van der Waals surface area contributed by atoms with E-state index in [1.54, 1.807) is 0 Å². The fourth-order valence-corrected chi connectivity index (χ4v) is 2.97. The van der Waals surface area contributed by atoms with Crippen molar-refractivity contribution in [3.8, 4) is 5.75 Å². The molecular weight excluding hydrogens is 280 g/mol. The van der Waals surface area contributed by atoms with E-state index >= 15 is 0 Å². The minimum atomic E-state index is -0.841. The van der Waals surface area contributed by atoms with Crippen molar-refractivity contribution in [1.29, 1.82) is 0 Å². The highest BCUT2D eigenvalue weighted by molar-refractivity contribution is 5.72. The SMILES string of the molecule is CCCOC(=O)C1CCC(O)(c2ccc(OCC)cc2)CC1. The molecule has 0 amide bonds. The number of hydrogen-bond donors (Lipinski definition) is 1. The largest absolute Gasteiger partial charge is 0.494 e. The summed E-state index contributed by atoms with van der Waals surface area (Å²) in [5.41, 5.74) is 0.0584. The molecule has 1 saturated carbocycles. The smallest absolute Gasteiger partial charge is 0.308 e. The zero-order valence-corrected chi connectivity index (χ0v) is 13.5. The number of carbonyl (C=O) groups is 1. The lowest BCUT2D eigenvalue weighted by Gasteiger charge is -2.35. The highest BCUT2D eigenvalue weighted by Gasteiger charge is 2.37. The van der Waals surface area contributed by atoms with Crippen molar-refractivity contribution >= 4 is 5.97 Å². The van der Waals surface area contributed by atoms with Gasteiger partial charge in [0, 0.05) is 0 Å². The van der Waals surface area contributed by atoms with Crippen LogP contribution in [-0.2, 0) is 15.1 Å². The lowest BCUT2D eigenvalue weighted by molar-refractivity contribution is -0.151. The Bertz CT molecular complexity index is 472. The van der Waals surface area contributed by atoms with Gasteiger partial charge in [0.25, 0.3) is 0 Å². The zero-order valence-electron chi connectivity index (χ0n) is 13.5. The van der Waals surface area contributed by atoms with Crippen LogP contribution in [0.5, 0.6) is 5.75 Å². The van der Waals surface area contributed by atoms with Crippen molar-refractivity contribution in [3.05, 3.63) is 29.8 Å². The number of hydrogen-bond acceptors (Lipinski definition) is 4. The standard InChI is InChI=1S/C18H26O4/c1-3-13-22-17(19)14-9-11-18(20,12-10-14)15-5-7-16(8-6-15)21-4-2/h5-8,14,20H,3-4,9-13H2,1-2H3. The Hall–Kier alpha value is -1.55. The molecule has 0 unspecified atom stereocenters. The number of rotatable bonds is 6. The van der Waals surface area contributed by atoms with Gasteiger partial charge in [-0.25, -0.2) is 0 Å². The molecule has 1 N–H and O–H groups in total. The third-order valence-electron chi connectivity index (χ3n) is 4.30. The highest BCUT2D eigenvalue weighted by Crippen LogP contribution is 2.40. The average Bonchev–Trinajstić information content (AvgIpc) is 2.54. The van der Waals surface area contributed by atoms with E-state index in [4.69, 9.17) is 9.47 Å². The zero-order chi connectivity index (χ0) is 16.0. The van der Waals surface area contributed by atoms with Crippen LogP contribution in [0.1, 0.15) is 51.5 Å². The molecule has 1 aromatic rings. The first-order chi connectivity index (χ1) is 10.6. The van der Waals surface area contributed by atoms with Crippen LogP contribution in [0.25, 0.3) is 0 Å². The van der Waals surface area contributed by atoms with Gasteiger partial charge < -0.3 is 14.6 Å². The second-order valence-corrected chi connectivity index (χ2v) is 5.93. The lowest BCUT2D eigenvalue weighted by atomic mass is 9.75. The minimum absolute atomic E-state index is 0.0745. The van der Waals surface area contributed by atoms with Crippen molar-refractivity contribution in [2.45, 2.75) is 51.6 Å². The van der Waals surface area contributed by atoms with Gasteiger partial charge in [-0.05, 0) is 56.7 Å². The summed E-state index contributed by atoms with van der Waals surface area (Å²) in [6.45, 7) is 5.04. The quantitative estimate of drug-likeness (QED) is 0.818. The molecular formula is C18H26O4. The van der Waals surface area contributed by atoms with Crippen LogP contribution in [0.15, 0.2) is 24.3 Å². The van der Waals surface area contributed by atoms with Crippen molar-refractivity contribution in [2.75, 3.05) is 13.2 Å². The van der Waals surface area contributed by atoms with E-state index in [0.29, 0.717) is 38.9 Å². The predicted molar refractivity (Wildman–Crippen MR) is 84.7 cm³/mol. The summed E-state index contributed by atoms with van der Waals surface area (Å²) in [7, 11) is 0. The monoisotopic (exact) mass is 306 g/mol. The molecule has 4 heteroatoms. The molecule has 0 spiro atoms. The third-order valence-corrected chi connectivity index (χ3v) is 4.30. The molecule has 1 fully saturated rings. The molecule has 0 radical (unpaired) electrons. The van der Waals surface area contributed by atoms with E-state index in [9.17, 15) is 9.90 Å². The predicted octanol–water partition coefficient (Wildman–Crippen LogP) is 3.42. The Kier molecular flexibility index (Phi) is 5.83. The Balaban J connectivity index is 1.94. The number of ether oxygens (including phenoxy) is 2. The van der Waals surface area contributed by atoms with Crippen molar-refractivity contribution < 1.29 is 19.4 Å². The van der Waals surface area contributed by atoms with Crippen LogP contribution >= 0.6 is 0 Å². The molecule has 4 nitrogen and oxygen atoms in total. The van der Waals surface area contributed by atoms with E-state index < -0.39 is 5.60 Å². The van der Waals surface area contributed by atoms with Gasteiger partial charge in [-0.2, -0.15) is 0 Å². The number of benzene rings is 1. The summed E-state index contributed by atoms with van der Waals surface area (Å²) in [5, 5.41) is 10.8. The second-order valence-electron chi connectivity index (χ2n) is 5.93. The van der Waals surface area contributed by atoms with E-state index in [2.05, 4.69) is 0 Å². The first-order valence-electron chi connectivity index (χ1n) is 8.21. The molecule has 1 aromatic carbocycles. The Labute approximate surface area is 132 Å². The maximum Gasteiger partial charge on any atom is 0.308 e. The minimum Gasteiger partial charge on any atom is -0.494 e. The van der Waals surface area contributed by atoms with Crippen LogP contribution in [0.2, 0.25) is 0 Å². The van der Waals surface area contributed by atoms with Crippen molar-refractivity contribution in [2.24, 2.45) is 5.92 Å². The second kappa shape index (κ2) is 7.63. The fourth-order valence-electron chi connectivity index (χ4n) is 2.97. The summed E-state index contributed by atoms with van der Waals surface area (Å²) in [6, 6.07) is 7.61. The first-order valence-corrected chi connectivity index (χ1v) is 8.21. The topological polar surface area (TPSA) is 55.8 Å². The number of esters is 1. The summed E-state index contributed by atoms with van der Waals surface area (Å²) in [6.07, 6.45) is 3.37. The van der Waals surface area contributed by atoms with Gasteiger partial charge in [0.1, 0.15) is 5.75 Å². The van der Waals surface area contributed by atoms with E-state index in [1.165, 1.54) is 0 Å². The lowest BCUT2D eigenvalue weighted by Crippen LogP contribution is -2.34. The summed E-state index contributed by atoms with van der Waals surface area (Å²) in [5.74, 6) is 0.622. The summed E-state index contributed by atoms with van der Waals surface area (Å²) in [4.78, 5) is 11.9. The van der Waals surface area contributed by atoms with Gasteiger partial charge in [0.15, 0.2) is 0 Å². The Morgan fingerprint density at radius 2 is 1.86 bits per heavy atom. The van der Waals surface area contributed by atoms with Gasteiger partial charge in [0.2, 0.25) is 0 Å². The van der Waals surface area contributed by atoms with Gasteiger partial charge in [-0.3, -0.25) is 4.79 Å². The molecule has 122 valence electrons. The normalized spacial score (nSPS) is 24.8. The van der Waals surface area contributed by atoms with Crippen LogP contribution in [0.3, 0.4) is 0 Å². The fraction of sp³-hybridized carbons (Fsp3) is 0.611. The van der Waals surface area contributed by atoms with E-state index in [0.717, 1.165) is 17.7 Å². The molecule has 2 rings (SSSR count). The van der Waals surface area contributed by atoms with Gasteiger partial charge in [-0.15, -0.1) is 0 Å². The van der Waals surface area contributed by atoms with Crippen molar-refractivity contribution in [3.63, 3.8) is 0 Å². The van der Waals surface area contributed by atoms with E-state index in [-0.39, 0.29) is 11.9 Å². The maximum atomic E-state index is 11.9. The highest BCUT2D eigenvalue weighted by atomic mass is 16.5. The molecule has 0 heterocycles. The van der Waals surface area contributed by atoms with E-state index in [1.807, 2.05) is 38.1 Å². The van der Waals surface area contributed by atoms with Crippen LogP contribution in [0.4, 0.5) is 0 Å². The van der Waals surface area contributed by atoms with Gasteiger partial charge in [0.05, 0.1) is 24.7 Å². The van der Waals surface area contributed by atoms with Crippen molar-refractivity contribution in [1.82, 2.24) is 0 Å².